The Balaban J connectivity index is 1.52. The van der Waals surface area contributed by atoms with Gasteiger partial charge in [-0.15, -0.1) is 10.2 Å². The molecule has 0 aliphatic heterocycles. The number of hydrogen-bond donors (Lipinski definition) is 1. The van der Waals surface area contributed by atoms with E-state index < -0.39 is 0 Å². The molecule has 0 saturated heterocycles. The van der Waals surface area contributed by atoms with Crippen LogP contribution in [0, 0.1) is 27.7 Å². The molecule has 170 valence electrons. The lowest BCUT2D eigenvalue weighted by Gasteiger charge is -2.15. The van der Waals surface area contributed by atoms with Crippen molar-refractivity contribution in [2.45, 2.75) is 27.7 Å². The lowest BCUT2D eigenvalue weighted by molar-refractivity contribution is -0.118. The monoisotopic (exact) mass is 502 g/mol. The van der Waals surface area contributed by atoms with Crippen molar-refractivity contribution in [3.05, 3.63) is 73.7 Å². The lowest BCUT2D eigenvalue weighted by Crippen LogP contribution is -2.21. The summed E-state index contributed by atoms with van der Waals surface area (Å²) in [7, 11) is 0. The van der Waals surface area contributed by atoms with Gasteiger partial charge in [-0.3, -0.25) is 4.79 Å². The van der Waals surface area contributed by atoms with Crippen LogP contribution in [0.5, 0.6) is 5.75 Å². The molecule has 0 spiro atoms. The van der Waals surface area contributed by atoms with Crippen LogP contribution in [0.15, 0.2) is 36.4 Å². The van der Waals surface area contributed by atoms with Crippen molar-refractivity contribution >= 4 is 57.4 Å². The third-order valence-corrected chi connectivity index (χ3v) is 6.81. The van der Waals surface area contributed by atoms with Crippen LogP contribution in [0.1, 0.15) is 22.3 Å². The number of rotatable bonds is 5. The molecule has 0 radical (unpaired) electrons. The standard InChI is InChI=1S/C24H21Cl3N4O2/c1-12-5-7-16(8-6-12)31-29-18-9-13(2)17(10-19(18)30-31)28-20(32)11-33-24-22(26)14(3)21(25)15(4)23(24)27/h5-10H,11H2,1-4H3,(H,28,32). The van der Waals surface area contributed by atoms with Gasteiger partial charge in [-0.25, -0.2) is 0 Å². The second kappa shape index (κ2) is 9.21. The number of nitrogens with one attached hydrogen (secondary N) is 1. The van der Waals surface area contributed by atoms with Gasteiger partial charge in [-0.2, -0.15) is 4.80 Å². The molecule has 0 saturated carbocycles. The molecule has 0 unspecified atom stereocenters. The Kier molecular flexibility index (Phi) is 6.52. The number of aromatic nitrogens is 3. The summed E-state index contributed by atoms with van der Waals surface area (Å²) in [5.74, 6) is -0.123. The first kappa shape index (κ1) is 23.4. The average Bonchev–Trinajstić information content (AvgIpc) is 3.19. The largest absolute Gasteiger partial charge is 0.481 e. The molecule has 0 atom stereocenters. The highest BCUT2D eigenvalue weighted by Crippen LogP contribution is 2.42. The van der Waals surface area contributed by atoms with Gasteiger partial charge in [0.05, 0.1) is 15.7 Å². The van der Waals surface area contributed by atoms with Crippen molar-refractivity contribution in [2.24, 2.45) is 0 Å². The number of hydrogen-bond acceptors (Lipinski definition) is 4. The molecule has 9 heteroatoms. The maximum atomic E-state index is 12.6. The normalized spacial score (nSPS) is 11.1. The first-order valence-electron chi connectivity index (χ1n) is 10.2. The second-order valence-electron chi connectivity index (χ2n) is 7.84. The fourth-order valence-corrected chi connectivity index (χ4v) is 4.18. The van der Waals surface area contributed by atoms with E-state index in [1.54, 1.807) is 24.7 Å². The number of nitrogens with zero attached hydrogens (tertiary/aromatic N) is 3. The van der Waals surface area contributed by atoms with E-state index in [0.717, 1.165) is 22.3 Å². The van der Waals surface area contributed by atoms with E-state index in [-0.39, 0.29) is 28.3 Å². The highest BCUT2D eigenvalue weighted by atomic mass is 35.5. The minimum absolute atomic E-state index is 0.237. The van der Waals surface area contributed by atoms with E-state index in [1.165, 1.54) is 0 Å². The van der Waals surface area contributed by atoms with Crippen LogP contribution in [0.25, 0.3) is 16.7 Å². The van der Waals surface area contributed by atoms with Gasteiger partial charge in [0.25, 0.3) is 5.91 Å². The molecule has 4 rings (SSSR count). The van der Waals surface area contributed by atoms with Crippen LogP contribution in [-0.4, -0.2) is 27.5 Å². The summed E-state index contributed by atoms with van der Waals surface area (Å²) in [6.45, 7) is 7.18. The summed E-state index contributed by atoms with van der Waals surface area (Å²) in [5.41, 5.74) is 6.16. The van der Waals surface area contributed by atoms with Gasteiger partial charge in [0.2, 0.25) is 0 Å². The van der Waals surface area contributed by atoms with Gasteiger partial charge in [-0.05, 0) is 68.7 Å². The van der Waals surface area contributed by atoms with Crippen molar-refractivity contribution in [1.29, 1.82) is 0 Å². The number of amides is 1. The molecule has 1 amide bonds. The molecular formula is C24H21Cl3N4O2. The molecule has 3 aromatic carbocycles. The minimum atomic E-state index is -0.360. The molecular weight excluding hydrogens is 483 g/mol. The van der Waals surface area contributed by atoms with Gasteiger partial charge in [0, 0.05) is 10.7 Å². The fourth-order valence-electron chi connectivity index (χ4n) is 3.36. The fraction of sp³-hybridized carbons (Fsp3) is 0.208. The zero-order valence-corrected chi connectivity index (χ0v) is 20.7. The number of benzene rings is 3. The zero-order chi connectivity index (χ0) is 23.9. The van der Waals surface area contributed by atoms with Crippen molar-refractivity contribution < 1.29 is 9.53 Å². The van der Waals surface area contributed by atoms with E-state index >= 15 is 0 Å². The molecule has 0 aliphatic rings. The molecule has 1 heterocycles. The highest BCUT2D eigenvalue weighted by molar-refractivity contribution is 6.42. The third kappa shape index (κ3) is 4.64. The highest BCUT2D eigenvalue weighted by Gasteiger charge is 2.19. The number of aryl methyl sites for hydroxylation is 2. The van der Waals surface area contributed by atoms with Crippen LogP contribution < -0.4 is 10.1 Å². The van der Waals surface area contributed by atoms with E-state index in [0.29, 0.717) is 27.4 Å². The molecule has 0 fully saturated rings. The summed E-state index contributed by atoms with van der Waals surface area (Å²) in [6.07, 6.45) is 0. The first-order chi connectivity index (χ1) is 15.7. The quantitative estimate of drug-likeness (QED) is 0.332. The maximum Gasteiger partial charge on any atom is 0.262 e. The molecule has 4 aromatic rings. The van der Waals surface area contributed by atoms with Crippen molar-refractivity contribution in [1.82, 2.24) is 15.0 Å². The van der Waals surface area contributed by atoms with Gasteiger partial charge in [0.1, 0.15) is 11.0 Å². The maximum absolute atomic E-state index is 12.6. The summed E-state index contributed by atoms with van der Waals surface area (Å²) in [6, 6.07) is 11.6. The van der Waals surface area contributed by atoms with E-state index in [4.69, 9.17) is 39.5 Å². The topological polar surface area (TPSA) is 69.0 Å². The molecule has 33 heavy (non-hydrogen) atoms. The van der Waals surface area contributed by atoms with Gasteiger partial charge >= 0.3 is 0 Å². The Morgan fingerprint density at radius 2 is 1.48 bits per heavy atom. The third-order valence-electron chi connectivity index (χ3n) is 5.33. The lowest BCUT2D eigenvalue weighted by atomic mass is 10.1. The Morgan fingerprint density at radius 3 is 2.09 bits per heavy atom. The van der Waals surface area contributed by atoms with Crippen molar-refractivity contribution in [3.8, 4) is 11.4 Å². The van der Waals surface area contributed by atoms with Crippen molar-refractivity contribution in [3.63, 3.8) is 0 Å². The number of carbonyl (C=O) groups excluding carboxylic acids is 1. The van der Waals surface area contributed by atoms with Gasteiger partial charge in [0.15, 0.2) is 12.4 Å². The summed E-state index contributed by atoms with van der Waals surface area (Å²) in [4.78, 5) is 14.2. The smallest absolute Gasteiger partial charge is 0.262 e. The van der Waals surface area contributed by atoms with E-state index in [2.05, 4.69) is 15.5 Å². The molecule has 1 aromatic heterocycles. The number of halogens is 3. The van der Waals surface area contributed by atoms with Crippen LogP contribution in [-0.2, 0) is 4.79 Å². The number of fused-ring (bicyclic) bond motifs is 1. The van der Waals surface area contributed by atoms with Crippen LogP contribution in [0.3, 0.4) is 0 Å². The zero-order valence-electron chi connectivity index (χ0n) is 18.5. The molecule has 1 N–H and O–H groups in total. The Hall–Kier alpha value is -2.80. The van der Waals surface area contributed by atoms with Crippen LogP contribution >= 0.6 is 34.8 Å². The number of carbonyl (C=O) groups is 1. The molecule has 0 aliphatic carbocycles. The van der Waals surface area contributed by atoms with Crippen molar-refractivity contribution in [2.75, 3.05) is 11.9 Å². The second-order valence-corrected chi connectivity index (χ2v) is 8.97. The molecule has 6 nitrogen and oxygen atoms in total. The number of anilines is 1. The Labute approximate surface area is 206 Å². The average molecular weight is 504 g/mol. The molecule has 0 bridgehead atoms. The summed E-state index contributed by atoms with van der Waals surface area (Å²) >= 11 is 18.9. The Bertz CT molecular complexity index is 1350. The Morgan fingerprint density at radius 1 is 0.909 bits per heavy atom. The SMILES string of the molecule is Cc1ccc(-n2nc3cc(C)c(NC(=O)COc4c(Cl)c(C)c(Cl)c(C)c4Cl)cc3n2)cc1. The van der Waals surface area contributed by atoms with Gasteiger partial charge < -0.3 is 10.1 Å². The summed E-state index contributed by atoms with van der Waals surface area (Å²) < 4.78 is 5.65. The van der Waals surface area contributed by atoms with Crippen LogP contribution in [0.4, 0.5) is 5.69 Å². The first-order valence-corrected chi connectivity index (χ1v) is 11.3. The predicted molar refractivity (Wildman–Crippen MR) is 133 cm³/mol. The summed E-state index contributed by atoms with van der Waals surface area (Å²) in [5, 5.41) is 13.0. The van der Waals surface area contributed by atoms with Gasteiger partial charge in [-0.1, -0.05) is 52.5 Å². The van der Waals surface area contributed by atoms with E-state index in [1.807, 2.05) is 44.2 Å². The predicted octanol–water partition coefficient (Wildman–Crippen LogP) is 6.63. The minimum Gasteiger partial charge on any atom is -0.481 e. The van der Waals surface area contributed by atoms with Crippen LogP contribution in [0.2, 0.25) is 15.1 Å². The van der Waals surface area contributed by atoms with E-state index in [9.17, 15) is 4.79 Å². The number of ether oxygens (including phenoxy) is 1.